The molecule has 1 atom stereocenters. The number of fused-ring (bicyclic) bond motifs is 1. The van der Waals surface area contributed by atoms with Gasteiger partial charge in [0.2, 0.25) is 0 Å². The van der Waals surface area contributed by atoms with E-state index in [2.05, 4.69) is 4.98 Å². The van der Waals surface area contributed by atoms with Crippen molar-refractivity contribution in [1.82, 2.24) is 9.55 Å². The second-order valence-corrected chi connectivity index (χ2v) is 6.71. The van der Waals surface area contributed by atoms with Gasteiger partial charge in [0.05, 0.1) is 27.7 Å². The van der Waals surface area contributed by atoms with E-state index in [0.29, 0.717) is 11.3 Å². The summed E-state index contributed by atoms with van der Waals surface area (Å²) >= 11 is 5.82. The van der Waals surface area contributed by atoms with Crippen LogP contribution in [-0.2, 0) is 0 Å². The van der Waals surface area contributed by atoms with Crippen molar-refractivity contribution in [2.24, 2.45) is 0 Å². The van der Waals surface area contributed by atoms with Gasteiger partial charge in [0.15, 0.2) is 5.82 Å². The van der Waals surface area contributed by atoms with Gasteiger partial charge in [-0.2, -0.15) is 0 Å². The molecule has 0 fully saturated rings. The topological polar surface area (TPSA) is 38.1 Å². The molecule has 6 heteroatoms. The van der Waals surface area contributed by atoms with Crippen molar-refractivity contribution >= 4 is 22.6 Å². The first kappa shape index (κ1) is 17.6. The lowest BCUT2D eigenvalue weighted by Gasteiger charge is -2.10. The number of benzene rings is 3. The molecule has 1 N–H and O–H groups in total. The van der Waals surface area contributed by atoms with E-state index in [-0.39, 0.29) is 10.6 Å². The maximum absolute atomic E-state index is 14.4. The molecular formula is C21H15ClF2N2O. The minimum atomic E-state index is -0.786. The normalized spacial score (nSPS) is 12.5. The van der Waals surface area contributed by atoms with Crippen LogP contribution in [0.15, 0.2) is 60.9 Å². The van der Waals surface area contributed by atoms with Gasteiger partial charge in [0.1, 0.15) is 12.1 Å². The average molecular weight is 385 g/mol. The Kier molecular flexibility index (Phi) is 4.42. The highest BCUT2D eigenvalue weighted by Gasteiger charge is 2.16. The Hall–Kier alpha value is -2.76. The van der Waals surface area contributed by atoms with E-state index in [1.807, 2.05) is 28.8 Å². The number of aliphatic hydroxyl groups is 1. The predicted octanol–water partition coefficient (Wildman–Crippen LogP) is 5.68. The van der Waals surface area contributed by atoms with E-state index in [1.54, 1.807) is 31.5 Å². The maximum atomic E-state index is 14.4. The monoisotopic (exact) mass is 384 g/mol. The SMILES string of the molecule is CC(O)c1ccc2c(c1)ncn2-c1cccc(-c2c(F)ccc(Cl)c2F)c1. The second kappa shape index (κ2) is 6.76. The van der Waals surface area contributed by atoms with Crippen molar-refractivity contribution in [2.75, 3.05) is 0 Å². The van der Waals surface area contributed by atoms with Gasteiger partial charge in [-0.1, -0.05) is 29.8 Å². The van der Waals surface area contributed by atoms with Gasteiger partial charge in [0.25, 0.3) is 0 Å². The van der Waals surface area contributed by atoms with E-state index < -0.39 is 17.7 Å². The molecule has 136 valence electrons. The molecule has 0 spiro atoms. The fraction of sp³-hybridized carbons (Fsp3) is 0.0952. The number of imidazole rings is 1. The van der Waals surface area contributed by atoms with Gasteiger partial charge in [-0.25, -0.2) is 13.8 Å². The summed E-state index contributed by atoms with van der Waals surface area (Å²) in [5.74, 6) is -1.46. The van der Waals surface area contributed by atoms with Crippen molar-refractivity contribution in [3.8, 4) is 16.8 Å². The Morgan fingerprint density at radius 2 is 1.89 bits per heavy atom. The van der Waals surface area contributed by atoms with Crippen molar-refractivity contribution in [1.29, 1.82) is 0 Å². The van der Waals surface area contributed by atoms with Crippen LogP contribution < -0.4 is 0 Å². The van der Waals surface area contributed by atoms with Gasteiger partial charge in [-0.15, -0.1) is 0 Å². The zero-order valence-electron chi connectivity index (χ0n) is 14.3. The highest BCUT2D eigenvalue weighted by molar-refractivity contribution is 6.31. The smallest absolute Gasteiger partial charge is 0.152 e. The minimum Gasteiger partial charge on any atom is -0.389 e. The van der Waals surface area contributed by atoms with E-state index in [4.69, 9.17) is 11.6 Å². The third kappa shape index (κ3) is 3.09. The first-order valence-electron chi connectivity index (χ1n) is 8.35. The zero-order chi connectivity index (χ0) is 19.1. The van der Waals surface area contributed by atoms with Gasteiger partial charge in [-0.05, 0) is 54.4 Å². The van der Waals surface area contributed by atoms with E-state index in [1.165, 1.54) is 6.07 Å². The van der Waals surface area contributed by atoms with Crippen LogP contribution in [0.3, 0.4) is 0 Å². The summed E-state index contributed by atoms with van der Waals surface area (Å²) in [6, 6.07) is 14.7. The lowest BCUT2D eigenvalue weighted by atomic mass is 10.0. The van der Waals surface area contributed by atoms with Gasteiger partial charge < -0.3 is 5.11 Å². The summed E-state index contributed by atoms with van der Waals surface area (Å²) in [5, 5.41) is 9.60. The van der Waals surface area contributed by atoms with Crippen LogP contribution in [0.4, 0.5) is 8.78 Å². The fourth-order valence-electron chi connectivity index (χ4n) is 3.10. The van der Waals surface area contributed by atoms with Crippen molar-refractivity contribution < 1.29 is 13.9 Å². The number of hydrogen-bond acceptors (Lipinski definition) is 2. The summed E-state index contributed by atoms with van der Waals surface area (Å²) < 4.78 is 30.4. The molecule has 1 unspecified atom stereocenters. The molecular weight excluding hydrogens is 370 g/mol. The number of aromatic nitrogens is 2. The van der Waals surface area contributed by atoms with Crippen molar-refractivity contribution in [2.45, 2.75) is 13.0 Å². The first-order valence-corrected chi connectivity index (χ1v) is 8.73. The van der Waals surface area contributed by atoms with E-state index in [9.17, 15) is 13.9 Å². The van der Waals surface area contributed by atoms with Crippen LogP contribution in [0.2, 0.25) is 5.02 Å². The minimum absolute atomic E-state index is 0.129. The molecule has 1 aromatic heterocycles. The van der Waals surface area contributed by atoms with Gasteiger partial charge in [0, 0.05) is 5.69 Å². The Bertz CT molecular complexity index is 1150. The average Bonchev–Trinajstić information content (AvgIpc) is 3.08. The number of halogens is 3. The number of nitrogens with zero attached hydrogens (tertiary/aromatic N) is 2. The highest BCUT2D eigenvalue weighted by atomic mass is 35.5. The molecule has 4 rings (SSSR count). The van der Waals surface area contributed by atoms with Crippen LogP contribution in [0.1, 0.15) is 18.6 Å². The molecule has 0 amide bonds. The standard InChI is InChI=1S/C21H15ClF2N2O/c1-12(27)13-5-8-19-18(10-13)25-11-26(19)15-4-2-3-14(9-15)20-17(23)7-6-16(22)21(20)24/h2-12,27H,1H3. The van der Waals surface area contributed by atoms with E-state index >= 15 is 0 Å². The van der Waals surface area contributed by atoms with Crippen molar-refractivity contribution in [3.63, 3.8) is 0 Å². The lowest BCUT2D eigenvalue weighted by molar-refractivity contribution is 0.199. The maximum Gasteiger partial charge on any atom is 0.152 e. The lowest BCUT2D eigenvalue weighted by Crippen LogP contribution is -1.96. The summed E-state index contributed by atoms with van der Waals surface area (Å²) in [4.78, 5) is 4.37. The van der Waals surface area contributed by atoms with Crippen molar-refractivity contribution in [3.05, 3.63) is 83.1 Å². The quantitative estimate of drug-likeness (QED) is 0.461. The highest BCUT2D eigenvalue weighted by Crippen LogP contribution is 2.32. The molecule has 0 aliphatic rings. The molecule has 4 aromatic rings. The Morgan fingerprint density at radius 3 is 2.67 bits per heavy atom. The molecule has 0 aliphatic heterocycles. The third-order valence-corrected chi connectivity index (χ3v) is 4.80. The summed E-state index contributed by atoms with van der Waals surface area (Å²) in [5.41, 5.74) is 3.24. The Morgan fingerprint density at radius 1 is 1.07 bits per heavy atom. The predicted molar refractivity (Wildman–Crippen MR) is 102 cm³/mol. The molecule has 27 heavy (non-hydrogen) atoms. The summed E-state index contributed by atoms with van der Waals surface area (Å²) in [6.45, 7) is 1.69. The number of hydrogen-bond donors (Lipinski definition) is 1. The van der Waals surface area contributed by atoms with Crippen LogP contribution in [0.5, 0.6) is 0 Å². The number of aliphatic hydroxyl groups excluding tert-OH is 1. The largest absolute Gasteiger partial charge is 0.389 e. The summed E-state index contributed by atoms with van der Waals surface area (Å²) in [6.07, 6.45) is 1.05. The van der Waals surface area contributed by atoms with Gasteiger partial charge >= 0.3 is 0 Å². The second-order valence-electron chi connectivity index (χ2n) is 6.31. The van der Waals surface area contributed by atoms with Crippen LogP contribution in [-0.4, -0.2) is 14.7 Å². The van der Waals surface area contributed by atoms with Gasteiger partial charge in [-0.3, -0.25) is 4.57 Å². The van der Waals surface area contributed by atoms with Crippen LogP contribution in [0.25, 0.3) is 27.8 Å². The molecule has 3 nitrogen and oxygen atoms in total. The first-order chi connectivity index (χ1) is 13.0. The Balaban J connectivity index is 1.85. The summed E-state index contributed by atoms with van der Waals surface area (Å²) in [7, 11) is 0. The van der Waals surface area contributed by atoms with Crippen LogP contribution >= 0.6 is 11.6 Å². The van der Waals surface area contributed by atoms with E-state index in [0.717, 1.165) is 22.7 Å². The molecule has 0 saturated heterocycles. The molecule has 3 aromatic carbocycles. The number of rotatable bonds is 3. The molecule has 0 aliphatic carbocycles. The third-order valence-electron chi connectivity index (χ3n) is 4.51. The fourth-order valence-corrected chi connectivity index (χ4v) is 3.26. The molecule has 0 radical (unpaired) electrons. The Labute approximate surface area is 159 Å². The molecule has 0 bridgehead atoms. The zero-order valence-corrected chi connectivity index (χ0v) is 15.1. The van der Waals surface area contributed by atoms with Crippen LogP contribution in [0, 0.1) is 11.6 Å². The molecule has 0 saturated carbocycles. The molecule has 1 heterocycles.